The average Bonchev–Trinajstić information content (AvgIpc) is 3.20. The number of hydrogen-bond acceptors (Lipinski definition) is 6. The number of pyridine rings is 1. The van der Waals surface area contributed by atoms with Crippen molar-refractivity contribution in [2.24, 2.45) is 9.50 Å². The van der Waals surface area contributed by atoms with Gasteiger partial charge in [0.05, 0.1) is 31.8 Å². The number of nitrogens with two attached hydrogens (primary N) is 1. The lowest BCUT2D eigenvalue weighted by atomic mass is 9.84. The summed E-state index contributed by atoms with van der Waals surface area (Å²) in [6.45, 7) is 1.03. The molecule has 3 heterocycles. The molecule has 1 atom stereocenters. The number of aryl methyl sites for hydroxylation is 2. The van der Waals surface area contributed by atoms with Crippen LogP contribution < -0.4 is 19.9 Å². The number of urea groups is 1. The largest absolute Gasteiger partial charge is 0.481 e. The van der Waals surface area contributed by atoms with Crippen LogP contribution in [0.5, 0.6) is 11.8 Å². The van der Waals surface area contributed by atoms with Gasteiger partial charge in [0.25, 0.3) is 0 Å². The number of nitrogens with zero attached hydrogens (tertiary/aromatic N) is 4. The van der Waals surface area contributed by atoms with Crippen LogP contribution >= 0.6 is 0 Å². The van der Waals surface area contributed by atoms with Gasteiger partial charge in [-0.3, -0.25) is 0 Å². The Bertz CT molecular complexity index is 1400. The van der Waals surface area contributed by atoms with Gasteiger partial charge in [-0.05, 0) is 24.0 Å². The number of fused-ring (bicyclic) bond motifs is 2. The van der Waals surface area contributed by atoms with Crippen molar-refractivity contribution in [3.8, 4) is 22.9 Å². The third kappa shape index (κ3) is 3.80. The van der Waals surface area contributed by atoms with Gasteiger partial charge in [-0.2, -0.15) is 5.10 Å². The Morgan fingerprint density at radius 2 is 2.18 bits per heavy atom. The van der Waals surface area contributed by atoms with Crippen LogP contribution in [0.4, 0.5) is 14.9 Å². The fraction of sp³-hybridized carbons (Fsp3) is 0.286. The van der Waals surface area contributed by atoms with Crippen molar-refractivity contribution in [2.45, 2.75) is 30.7 Å². The molecule has 2 aromatic heterocycles. The number of nitrogens with one attached hydrogen (secondary N) is 1. The van der Waals surface area contributed by atoms with E-state index >= 15 is 0 Å². The summed E-state index contributed by atoms with van der Waals surface area (Å²) in [5.41, 5.74) is 2.93. The monoisotopic (exact) mass is 472 g/mol. The third-order valence-electron chi connectivity index (χ3n) is 5.66. The zero-order valence-electron chi connectivity index (χ0n) is 17.7. The summed E-state index contributed by atoms with van der Waals surface area (Å²) in [6.07, 6.45) is 4.66. The molecule has 3 aromatic rings. The maximum absolute atomic E-state index is 14.6. The Morgan fingerprint density at radius 1 is 1.33 bits per heavy atom. The SMILES string of the molecule is COc1cc(-c2ccc3c(c2NC(=O)N=[S@](N)(=O)c2cnn4c2OCCC4)CC3)c(F)cn1. The van der Waals surface area contributed by atoms with Crippen molar-refractivity contribution in [1.29, 1.82) is 0 Å². The Kier molecular flexibility index (Phi) is 5.25. The van der Waals surface area contributed by atoms with Crippen LogP contribution in [-0.2, 0) is 29.3 Å². The molecule has 5 rings (SSSR count). The van der Waals surface area contributed by atoms with E-state index in [4.69, 9.17) is 14.6 Å². The van der Waals surface area contributed by atoms with E-state index in [0.717, 1.165) is 30.2 Å². The summed E-state index contributed by atoms with van der Waals surface area (Å²) < 4.78 is 43.7. The van der Waals surface area contributed by atoms with E-state index in [2.05, 4.69) is 19.8 Å². The second-order valence-electron chi connectivity index (χ2n) is 7.66. The van der Waals surface area contributed by atoms with Crippen LogP contribution in [0.2, 0.25) is 0 Å². The van der Waals surface area contributed by atoms with E-state index < -0.39 is 21.8 Å². The lowest BCUT2D eigenvalue weighted by molar-refractivity contribution is 0.224. The Hall–Kier alpha value is -3.51. The van der Waals surface area contributed by atoms with E-state index in [0.29, 0.717) is 30.8 Å². The zero-order chi connectivity index (χ0) is 23.2. The van der Waals surface area contributed by atoms with Crippen LogP contribution in [0.3, 0.4) is 0 Å². The number of benzene rings is 1. The molecular formula is C21H21FN6O4S. The summed E-state index contributed by atoms with van der Waals surface area (Å²) in [5.74, 6) is -0.0958. The van der Waals surface area contributed by atoms with Crippen molar-refractivity contribution in [3.05, 3.63) is 47.5 Å². The second kappa shape index (κ2) is 8.12. The van der Waals surface area contributed by atoms with E-state index in [1.807, 2.05) is 6.07 Å². The molecule has 0 fully saturated rings. The van der Waals surface area contributed by atoms with Crippen molar-refractivity contribution >= 4 is 21.6 Å². The van der Waals surface area contributed by atoms with Crippen LogP contribution in [-0.4, -0.2) is 38.7 Å². The minimum absolute atomic E-state index is 0.0588. The van der Waals surface area contributed by atoms with E-state index in [1.165, 1.54) is 24.1 Å². The summed E-state index contributed by atoms with van der Waals surface area (Å²) in [7, 11) is -2.20. The number of rotatable bonds is 4. The van der Waals surface area contributed by atoms with Gasteiger partial charge in [0.2, 0.25) is 11.8 Å². The minimum atomic E-state index is -3.63. The highest BCUT2D eigenvalue weighted by Crippen LogP contribution is 2.40. The molecule has 0 spiro atoms. The van der Waals surface area contributed by atoms with Gasteiger partial charge >= 0.3 is 6.03 Å². The van der Waals surface area contributed by atoms with Crippen molar-refractivity contribution in [3.63, 3.8) is 0 Å². The van der Waals surface area contributed by atoms with Gasteiger partial charge in [-0.15, -0.1) is 4.36 Å². The number of carbonyl (C=O) groups excluding carboxylic acids is 1. The fourth-order valence-electron chi connectivity index (χ4n) is 3.95. The standard InChI is InChI=1S/C21H21FN6O4S/c1-31-18-9-15(16(22)10-24-18)14-6-4-12-3-5-13(12)19(14)26-21(29)27-33(23,30)17-11-25-28-7-2-8-32-20(17)28/h4,6,9-11H,2-3,5,7-8H2,1H3,(H3,23,26,27,29,30)/t33-/m0/s1. The zero-order valence-corrected chi connectivity index (χ0v) is 18.5. The Labute approximate surface area is 189 Å². The predicted molar refractivity (Wildman–Crippen MR) is 118 cm³/mol. The number of aromatic nitrogens is 3. The van der Waals surface area contributed by atoms with Gasteiger partial charge in [-0.25, -0.2) is 28.2 Å². The number of methoxy groups -OCH3 is 1. The summed E-state index contributed by atoms with van der Waals surface area (Å²) >= 11 is 0. The molecule has 0 saturated heterocycles. The maximum atomic E-state index is 14.6. The maximum Gasteiger partial charge on any atom is 0.354 e. The highest BCUT2D eigenvalue weighted by atomic mass is 32.2. The van der Waals surface area contributed by atoms with Gasteiger partial charge in [0.15, 0.2) is 9.92 Å². The van der Waals surface area contributed by atoms with Gasteiger partial charge in [0.1, 0.15) is 10.7 Å². The number of anilines is 1. The predicted octanol–water partition coefficient (Wildman–Crippen LogP) is 2.91. The molecule has 1 aliphatic carbocycles. The lowest BCUT2D eigenvalue weighted by Gasteiger charge is -2.25. The van der Waals surface area contributed by atoms with Gasteiger partial charge < -0.3 is 14.8 Å². The van der Waals surface area contributed by atoms with Crippen molar-refractivity contribution in [2.75, 3.05) is 19.0 Å². The van der Waals surface area contributed by atoms with Crippen molar-refractivity contribution < 1.29 is 22.9 Å². The first-order valence-corrected chi connectivity index (χ1v) is 11.8. The quantitative estimate of drug-likeness (QED) is 0.600. The van der Waals surface area contributed by atoms with Crippen LogP contribution in [0.1, 0.15) is 17.5 Å². The molecule has 1 aliphatic heterocycles. The molecule has 12 heteroatoms. The first-order valence-electron chi connectivity index (χ1n) is 10.3. The molecule has 33 heavy (non-hydrogen) atoms. The van der Waals surface area contributed by atoms with Crippen molar-refractivity contribution in [1.82, 2.24) is 14.8 Å². The molecule has 0 unspecified atom stereocenters. The molecule has 0 bridgehead atoms. The second-order valence-corrected chi connectivity index (χ2v) is 9.42. The fourth-order valence-corrected chi connectivity index (χ4v) is 4.95. The number of carbonyl (C=O) groups is 1. The number of halogens is 1. The molecule has 10 nitrogen and oxygen atoms in total. The first kappa shape index (κ1) is 21.3. The minimum Gasteiger partial charge on any atom is -0.481 e. The number of ether oxygens (including phenoxy) is 2. The Morgan fingerprint density at radius 3 is 2.94 bits per heavy atom. The molecule has 2 aliphatic rings. The average molecular weight is 473 g/mol. The first-order chi connectivity index (χ1) is 15.9. The third-order valence-corrected chi connectivity index (χ3v) is 7.01. The van der Waals surface area contributed by atoms with Crippen LogP contribution in [0, 0.1) is 5.82 Å². The van der Waals surface area contributed by atoms with Crippen LogP contribution in [0.25, 0.3) is 11.1 Å². The Balaban J connectivity index is 1.53. The topological polar surface area (TPSA) is 134 Å². The summed E-state index contributed by atoms with van der Waals surface area (Å²) in [4.78, 5) is 16.8. The van der Waals surface area contributed by atoms with Crippen LogP contribution in [0.15, 0.2) is 39.9 Å². The highest BCUT2D eigenvalue weighted by Gasteiger charge is 2.26. The molecular weight excluding hydrogens is 451 g/mol. The van der Waals surface area contributed by atoms with E-state index in [9.17, 15) is 13.4 Å². The van der Waals surface area contributed by atoms with Gasteiger partial charge in [-0.1, -0.05) is 12.1 Å². The van der Waals surface area contributed by atoms with E-state index in [1.54, 1.807) is 6.07 Å². The summed E-state index contributed by atoms with van der Waals surface area (Å²) in [5, 5.41) is 12.7. The normalized spacial score (nSPS) is 15.8. The number of amides is 2. The van der Waals surface area contributed by atoms with Gasteiger partial charge in [0, 0.05) is 30.2 Å². The van der Waals surface area contributed by atoms with E-state index in [-0.39, 0.29) is 22.2 Å². The smallest absolute Gasteiger partial charge is 0.354 e. The highest BCUT2D eigenvalue weighted by molar-refractivity contribution is 7.91. The molecule has 0 saturated carbocycles. The molecule has 1 aromatic carbocycles. The lowest BCUT2D eigenvalue weighted by Crippen LogP contribution is -2.22. The molecule has 3 N–H and O–H groups in total. The summed E-state index contributed by atoms with van der Waals surface area (Å²) in [6, 6.07) is 4.13. The molecule has 2 amide bonds. The molecule has 0 radical (unpaired) electrons. The molecule has 172 valence electrons. The number of hydrogen-bond donors (Lipinski definition) is 2.